The third-order valence-corrected chi connectivity index (χ3v) is 3.02. The van der Waals surface area contributed by atoms with Gasteiger partial charge in [0.2, 0.25) is 0 Å². The monoisotopic (exact) mass is 258 g/mol. The average molecular weight is 258 g/mol. The Balaban J connectivity index is 2.36. The van der Waals surface area contributed by atoms with E-state index in [1.54, 1.807) is 24.3 Å². The molecule has 0 fully saturated rings. The van der Waals surface area contributed by atoms with Crippen molar-refractivity contribution in [3.8, 4) is 0 Å². The number of nitrogens with two attached hydrogens (primary N) is 6. The molecule has 12 N–H and O–H groups in total. The Morgan fingerprint density at radius 3 is 1.05 bits per heavy atom. The van der Waals surface area contributed by atoms with Crippen molar-refractivity contribution < 1.29 is 0 Å². The molecule has 0 radical (unpaired) electrons. The maximum atomic E-state index is 5.78. The first-order chi connectivity index (χ1) is 8.88. The number of benzene rings is 2. The first-order valence-electron chi connectivity index (χ1n) is 5.75. The minimum atomic E-state index is 0.403. The Bertz CT molecular complexity index is 534. The van der Waals surface area contributed by atoms with Crippen LogP contribution in [0.3, 0.4) is 0 Å². The molecular formula is C13H18N6. The van der Waals surface area contributed by atoms with Crippen LogP contribution in [0.2, 0.25) is 0 Å². The molecule has 0 bridgehead atoms. The van der Waals surface area contributed by atoms with Crippen LogP contribution in [-0.4, -0.2) is 0 Å². The Hall–Kier alpha value is -2.76. The van der Waals surface area contributed by atoms with E-state index in [1.807, 2.05) is 0 Å². The summed E-state index contributed by atoms with van der Waals surface area (Å²) < 4.78 is 0. The molecule has 6 heteroatoms. The molecular weight excluding hydrogens is 240 g/mol. The minimum Gasteiger partial charge on any atom is -0.397 e. The number of nitrogen functional groups attached to an aromatic ring is 6. The molecule has 0 aliphatic heterocycles. The van der Waals surface area contributed by atoms with Crippen molar-refractivity contribution in [3.63, 3.8) is 0 Å². The van der Waals surface area contributed by atoms with Gasteiger partial charge in [-0.2, -0.15) is 0 Å². The van der Waals surface area contributed by atoms with E-state index in [4.69, 9.17) is 34.4 Å². The van der Waals surface area contributed by atoms with Crippen LogP contribution < -0.4 is 34.4 Å². The van der Waals surface area contributed by atoms with Crippen LogP contribution in [0.1, 0.15) is 11.1 Å². The van der Waals surface area contributed by atoms with Crippen LogP contribution in [0, 0.1) is 0 Å². The molecule has 100 valence electrons. The third kappa shape index (κ3) is 2.42. The largest absolute Gasteiger partial charge is 0.397 e. The van der Waals surface area contributed by atoms with E-state index >= 15 is 0 Å². The van der Waals surface area contributed by atoms with Gasteiger partial charge in [-0.15, -0.1) is 0 Å². The molecule has 2 aromatic carbocycles. The molecule has 0 aliphatic rings. The second-order valence-corrected chi connectivity index (χ2v) is 4.55. The van der Waals surface area contributed by atoms with Crippen LogP contribution in [0.15, 0.2) is 24.3 Å². The fraction of sp³-hybridized carbons (Fsp3) is 0.0769. The van der Waals surface area contributed by atoms with E-state index in [0.29, 0.717) is 40.5 Å². The van der Waals surface area contributed by atoms with Crippen molar-refractivity contribution in [2.45, 2.75) is 6.42 Å². The van der Waals surface area contributed by atoms with Crippen molar-refractivity contribution in [2.24, 2.45) is 0 Å². The summed E-state index contributed by atoms with van der Waals surface area (Å²) in [7, 11) is 0. The van der Waals surface area contributed by atoms with Crippen LogP contribution in [0.4, 0.5) is 34.1 Å². The second-order valence-electron chi connectivity index (χ2n) is 4.55. The summed E-state index contributed by atoms with van der Waals surface area (Å²) in [5, 5.41) is 0. The lowest BCUT2D eigenvalue weighted by molar-refractivity contribution is 1.20. The highest BCUT2D eigenvalue weighted by Crippen LogP contribution is 2.29. The fourth-order valence-electron chi connectivity index (χ4n) is 1.97. The molecule has 0 unspecified atom stereocenters. The highest BCUT2D eigenvalue weighted by atomic mass is 14.7. The zero-order valence-electron chi connectivity index (χ0n) is 10.5. The van der Waals surface area contributed by atoms with Gasteiger partial charge in [-0.25, -0.2) is 0 Å². The molecule has 19 heavy (non-hydrogen) atoms. The van der Waals surface area contributed by atoms with Crippen molar-refractivity contribution in [3.05, 3.63) is 35.4 Å². The molecule has 0 saturated heterocycles. The molecule has 2 aromatic rings. The predicted molar refractivity (Wildman–Crippen MR) is 82.2 cm³/mol. The van der Waals surface area contributed by atoms with Crippen molar-refractivity contribution in [1.29, 1.82) is 0 Å². The van der Waals surface area contributed by atoms with Gasteiger partial charge in [0.05, 0.1) is 34.1 Å². The lowest BCUT2D eigenvalue weighted by atomic mass is 10.0. The molecule has 0 amide bonds. The van der Waals surface area contributed by atoms with Crippen molar-refractivity contribution >= 4 is 34.1 Å². The van der Waals surface area contributed by atoms with E-state index in [-0.39, 0.29) is 0 Å². The Labute approximate surface area is 111 Å². The van der Waals surface area contributed by atoms with E-state index in [9.17, 15) is 0 Å². The van der Waals surface area contributed by atoms with Crippen LogP contribution >= 0.6 is 0 Å². The first-order valence-corrected chi connectivity index (χ1v) is 5.75. The Morgan fingerprint density at radius 2 is 0.789 bits per heavy atom. The Morgan fingerprint density at radius 1 is 0.526 bits per heavy atom. The maximum Gasteiger partial charge on any atom is 0.0781 e. The van der Waals surface area contributed by atoms with Crippen LogP contribution in [-0.2, 0) is 6.42 Å². The van der Waals surface area contributed by atoms with Gasteiger partial charge >= 0.3 is 0 Å². The zero-order valence-corrected chi connectivity index (χ0v) is 10.5. The van der Waals surface area contributed by atoms with Gasteiger partial charge in [-0.3, -0.25) is 0 Å². The predicted octanol–water partition coefficient (Wildman–Crippen LogP) is 0.771. The van der Waals surface area contributed by atoms with Crippen molar-refractivity contribution in [1.82, 2.24) is 0 Å². The summed E-state index contributed by atoms with van der Waals surface area (Å²) >= 11 is 0. The maximum absolute atomic E-state index is 5.78. The number of hydrogen-bond donors (Lipinski definition) is 6. The number of anilines is 6. The zero-order chi connectivity index (χ0) is 14.2. The summed E-state index contributed by atoms with van der Waals surface area (Å²) in [6.07, 6.45) is 0.601. The molecule has 6 nitrogen and oxygen atoms in total. The van der Waals surface area contributed by atoms with E-state index in [1.165, 1.54) is 0 Å². The van der Waals surface area contributed by atoms with E-state index in [2.05, 4.69) is 0 Å². The molecule has 0 heterocycles. The molecule has 0 aromatic heterocycles. The lowest BCUT2D eigenvalue weighted by Crippen LogP contribution is -2.04. The summed E-state index contributed by atoms with van der Waals surface area (Å²) in [4.78, 5) is 0. The molecule has 0 atom stereocenters. The highest BCUT2D eigenvalue weighted by molar-refractivity contribution is 5.79. The average Bonchev–Trinajstić information content (AvgIpc) is 2.33. The van der Waals surface area contributed by atoms with Crippen molar-refractivity contribution in [2.75, 3.05) is 34.4 Å². The second kappa shape index (κ2) is 4.49. The topological polar surface area (TPSA) is 156 Å². The summed E-state index contributed by atoms with van der Waals surface area (Å²) in [5.74, 6) is 0. The van der Waals surface area contributed by atoms with Crippen LogP contribution in [0.25, 0.3) is 0 Å². The smallest absolute Gasteiger partial charge is 0.0781 e. The fourth-order valence-corrected chi connectivity index (χ4v) is 1.97. The van der Waals surface area contributed by atoms with Crippen LogP contribution in [0.5, 0.6) is 0 Å². The molecule has 0 spiro atoms. The lowest BCUT2D eigenvalue weighted by Gasteiger charge is -2.11. The SMILES string of the molecule is Nc1cc(Cc2cc(N)c(N)c(N)c2)cc(N)c1N. The molecule has 0 saturated carbocycles. The van der Waals surface area contributed by atoms with E-state index in [0.717, 1.165) is 11.1 Å². The normalized spacial score (nSPS) is 10.5. The summed E-state index contributed by atoms with van der Waals surface area (Å²) in [6.45, 7) is 0. The van der Waals surface area contributed by atoms with Gasteiger partial charge in [-0.1, -0.05) is 0 Å². The minimum absolute atomic E-state index is 0.403. The van der Waals surface area contributed by atoms with Gasteiger partial charge in [0.15, 0.2) is 0 Å². The van der Waals surface area contributed by atoms with Gasteiger partial charge in [-0.05, 0) is 41.8 Å². The van der Waals surface area contributed by atoms with Gasteiger partial charge in [0.25, 0.3) is 0 Å². The Kier molecular flexibility index (Phi) is 3.00. The number of hydrogen-bond acceptors (Lipinski definition) is 6. The first kappa shape index (κ1) is 12.7. The third-order valence-electron chi connectivity index (χ3n) is 3.02. The molecule has 0 aliphatic carbocycles. The quantitative estimate of drug-likeness (QED) is 0.437. The van der Waals surface area contributed by atoms with Gasteiger partial charge < -0.3 is 34.4 Å². The standard InChI is InChI=1S/C13H18N6/c14-8-2-6(3-9(15)12(8)18)1-7-4-10(16)13(19)11(17)5-7/h2-5H,1,14-19H2. The van der Waals surface area contributed by atoms with Gasteiger partial charge in [0.1, 0.15) is 0 Å². The molecule has 2 rings (SSSR count). The number of rotatable bonds is 2. The summed E-state index contributed by atoms with van der Waals surface area (Å²) in [6, 6.07) is 7.14. The van der Waals surface area contributed by atoms with Gasteiger partial charge in [0, 0.05) is 0 Å². The van der Waals surface area contributed by atoms with E-state index < -0.39 is 0 Å². The summed E-state index contributed by atoms with van der Waals surface area (Å²) in [5.41, 5.74) is 39.1. The highest BCUT2D eigenvalue weighted by Gasteiger charge is 2.07.